The summed E-state index contributed by atoms with van der Waals surface area (Å²) in [5.41, 5.74) is 1.04. The summed E-state index contributed by atoms with van der Waals surface area (Å²) in [5.74, 6) is 0. The van der Waals surface area contributed by atoms with Gasteiger partial charge in [-0.1, -0.05) is 0 Å². The third-order valence-electron chi connectivity index (χ3n) is 0.982. The van der Waals surface area contributed by atoms with Crippen LogP contribution in [-0.2, 0) is 0 Å². The Morgan fingerprint density at radius 1 is 1.67 bits per heavy atom. The minimum atomic E-state index is 1.04. The Hall–Kier alpha value is -1.31. The van der Waals surface area contributed by atoms with Crippen LogP contribution in [0.2, 0.25) is 0 Å². The van der Waals surface area contributed by atoms with Crippen molar-refractivity contribution in [2.45, 2.75) is 0 Å². The maximum absolute atomic E-state index is 3.56. The Kier molecular flexibility index (Phi) is 1.85. The number of hydrogen-bond acceptors (Lipinski definition) is 1. The highest BCUT2D eigenvalue weighted by molar-refractivity contribution is 5.45. The van der Waals surface area contributed by atoms with E-state index in [0.29, 0.717) is 0 Å². The monoisotopic (exact) mass is 120 g/mol. The number of H-pyrrole nitrogens is 1. The number of aromatic nitrogens is 1. The normalized spacial score (nSPS) is 10.2. The molecule has 9 heavy (non-hydrogen) atoms. The largest absolute Gasteiger partial charge is 0.362 e. The number of aromatic amines is 1. The second-order valence-electron chi connectivity index (χ2n) is 1.62. The molecular formula is C7H8N2. The zero-order valence-electron chi connectivity index (χ0n) is 5.04. The summed E-state index contributed by atoms with van der Waals surface area (Å²) in [5, 5.41) is 0. The van der Waals surface area contributed by atoms with E-state index < -0.39 is 0 Å². The van der Waals surface area contributed by atoms with Gasteiger partial charge in [-0.3, -0.25) is 4.99 Å². The van der Waals surface area contributed by atoms with Gasteiger partial charge in [0, 0.05) is 18.1 Å². The van der Waals surface area contributed by atoms with Crippen LogP contribution in [-0.4, -0.2) is 11.7 Å². The summed E-state index contributed by atoms with van der Waals surface area (Å²) < 4.78 is 0. The summed E-state index contributed by atoms with van der Waals surface area (Å²) >= 11 is 0. The molecule has 0 aromatic carbocycles. The average Bonchev–Trinajstić information content (AvgIpc) is 2.34. The highest BCUT2D eigenvalue weighted by atomic mass is 14.7. The van der Waals surface area contributed by atoms with E-state index in [1.165, 1.54) is 0 Å². The lowest BCUT2D eigenvalue weighted by Crippen LogP contribution is -1.64. The van der Waals surface area contributed by atoms with Crippen molar-refractivity contribution >= 4 is 12.8 Å². The van der Waals surface area contributed by atoms with Crippen LogP contribution in [0.4, 0.5) is 0 Å². The van der Waals surface area contributed by atoms with Gasteiger partial charge in [0.25, 0.3) is 0 Å². The molecule has 0 spiro atoms. The summed E-state index contributed by atoms with van der Waals surface area (Å²) in [6, 6.07) is 3.89. The molecule has 1 N–H and O–H groups in total. The fourth-order valence-electron chi connectivity index (χ4n) is 0.581. The van der Waals surface area contributed by atoms with Crippen LogP contribution in [0.5, 0.6) is 0 Å². The third kappa shape index (κ3) is 1.57. The van der Waals surface area contributed by atoms with E-state index >= 15 is 0 Å². The van der Waals surface area contributed by atoms with Crippen LogP contribution in [0.25, 0.3) is 6.08 Å². The lowest BCUT2D eigenvalue weighted by molar-refractivity contribution is 1.37. The number of rotatable bonds is 2. The molecule has 46 valence electrons. The highest BCUT2D eigenvalue weighted by Gasteiger charge is 1.79. The van der Waals surface area contributed by atoms with Crippen LogP contribution in [0, 0.1) is 0 Å². The van der Waals surface area contributed by atoms with Crippen LogP contribution in [0.1, 0.15) is 5.69 Å². The van der Waals surface area contributed by atoms with Crippen molar-refractivity contribution < 1.29 is 0 Å². The fraction of sp³-hybridized carbons (Fsp3) is 0. The molecule has 1 aromatic rings. The summed E-state index contributed by atoms with van der Waals surface area (Å²) in [4.78, 5) is 6.56. The number of aliphatic imine (C=N–C) groups is 1. The zero-order chi connectivity index (χ0) is 6.53. The topological polar surface area (TPSA) is 28.1 Å². The minimum absolute atomic E-state index is 1.04. The lowest BCUT2D eigenvalue weighted by Gasteiger charge is -1.78. The Labute approximate surface area is 53.9 Å². The van der Waals surface area contributed by atoms with Crippen molar-refractivity contribution in [3.05, 3.63) is 30.2 Å². The molecule has 0 saturated carbocycles. The van der Waals surface area contributed by atoms with Crippen molar-refractivity contribution in [1.82, 2.24) is 4.98 Å². The maximum atomic E-state index is 3.56. The molecule has 0 unspecified atom stereocenters. The average molecular weight is 120 g/mol. The first kappa shape index (κ1) is 5.82. The van der Waals surface area contributed by atoms with Crippen molar-refractivity contribution in [2.75, 3.05) is 0 Å². The van der Waals surface area contributed by atoms with Gasteiger partial charge in [-0.05, 0) is 24.9 Å². The van der Waals surface area contributed by atoms with E-state index in [1.54, 1.807) is 6.20 Å². The molecule has 1 heterocycles. The van der Waals surface area contributed by atoms with E-state index in [0.717, 1.165) is 5.69 Å². The smallest absolute Gasteiger partial charge is 0.0395 e. The highest BCUT2D eigenvalue weighted by Crippen LogP contribution is 1.95. The van der Waals surface area contributed by atoms with Gasteiger partial charge in [-0.25, -0.2) is 0 Å². The quantitative estimate of drug-likeness (QED) is 0.575. The maximum Gasteiger partial charge on any atom is 0.0395 e. The zero-order valence-corrected chi connectivity index (χ0v) is 5.04. The van der Waals surface area contributed by atoms with Crippen LogP contribution >= 0.6 is 0 Å². The van der Waals surface area contributed by atoms with E-state index in [-0.39, 0.29) is 0 Å². The molecule has 0 saturated heterocycles. The second-order valence-corrected chi connectivity index (χ2v) is 1.62. The molecule has 2 nitrogen and oxygen atoms in total. The summed E-state index contributed by atoms with van der Waals surface area (Å²) in [6.45, 7) is 3.31. The number of nitrogens with zero attached hydrogens (tertiary/aromatic N) is 1. The second kappa shape index (κ2) is 2.87. The van der Waals surface area contributed by atoms with Gasteiger partial charge in [0.1, 0.15) is 0 Å². The standard InChI is InChI=1S/C7H8N2/c1-8-6-4-7-3-2-5-9-7/h2-6,9H,1H2/b6-4+. The van der Waals surface area contributed by atoms with Crippen molar-refractivity contribution in [1.29, 1.82) is 0 Å². The Bertz CT molecular complexity index is 197. The molecular weight excluding hydrogens is 112 g/mol. The molecule has 0 aliphatic heterocycles. The van der Waals surface area contributed by atoms with Crippen molar-refractivity contribution in [3.63, 3.8) is 0 Å². The van der Waals surface area contributed by atoms with Crippen LogP contribution in [0.15, 0.2) is 29.5 Å². The first-order valence-corrected chi connectivity index (χ1v) is 2.69. The van der Waals surface area contributed by atoms with Gasteiger partial charge >= 0.3 is 0 Å². The Balaban J connectivity index is 2.67. The summed E-state index contributed by atoms with van der Waals surface area (Å²) in [6.07, 6.45) is 5.36. The molecule has 2 heteroatoms. The first-order chi connectivity index (χ1) is 4.43. The molecule has 0 aliphatic rings. The van der Waals surface area contributed by atoms with E-state index in [1.807, 2.05) is 24.4 Å². The lowest BCUT2D eigenvalue weighted by atomic mass is 10.4. The van der Waals surface area contributed by atoms with Gasteiger partial charge in [0.05, 0.1) is 0 Å². The Morgan fingerprint density at radius 2 is 2.56 bits per heavy atom. The molecule has 0 bridgehead atoms. The SMILES string of the molecule is C=N/C=C/c1ccc[nH]1. The first-order valence-electron chi connectivity index (χ1n) is 2.69. The minimum Gasteiger partial charge on any atom is -0.362 e. The van der Waals surface area contributed by atoms with E-state index in [4.69, 9.17) is 0 Å². The Morgan fingerprint density at radius 3 is 3.11 bits per heavy atom. The molecule has 1 aromatic heterocycles. The molecule has 0 aliphatic carbocycles. The van der Waals surface area contributed by atoms with Gasteiger partial charge in [0.15, 0.2) is 0 Å². The third-order valence-corrected chi connectivity index (χ3v) is 0.982. The summed E-state index contributed by atoms with van der Waals surface area (Å²) in [7, 11) is 0. The molecule has 0 atom stereocenters. The van der Waals surface area contributed by atoms with Gasteiger partial charge in [-0.2, -0.15) is 0 Å². The molecule has 0 radical (unpaired) electrons. The molecule has 0 amide bonds. The van der Waals surface area contributed by atoms with Gasteiger partial charge < -0.3 is 4.98 Å². The molecule has 1 rings (SSSR count). The van der Waals surface area contributed by atoms with E-state index in [9.17, 15) is 0 Å². The van der Waals surface area contributed by atoms with Gasteiger partial charge in [0.2, 0.25) is 0 Å². The fourth-order valence-corrected chi connectivity index (χ4v) is 0.581. The van der Waals surface area contributed by atoms with Crippen molar-refractivity contribution in [3.8, 4) is 0 Å². The van der Waals surface area contributed by atoms with E-state index in [2.05, 4.69) is 16.7 Å². The predicted octanol–water partition coefficient (Wildman–Crippen LogP) is 1.69. The number of hydrogen-bond donors (Lipinski definition) is 1. The predicted molar refractivity (Wildman–Crippen MR) is 39.4 cm³/mol. The molecule has 0 fully saturated rings. The van der Waals surface area contributed by atoms with Crippen LogP contribution in [0.3, 0.4) is 0 Å². The van der Waals surface area contributed by atoms with Crippen LogP contribution < -0.4 is 0 Å². The van der Waals surface area contributed by atoms with Gasteiger partial charge in [-0.15, -0.1) is 0 Å². The van der Waals surface area contributed by atoms with Crippen molar-refractivity contribution in [2.24, 2.45) is 4.99 Å². The number of nitrogens with one attached hydrogen (secondary N) is 1.